The van der Waals surface area contributed by atoms with E-state index >= 15 is 0 Å². The van der Waals surface area contributed by atoms with Crippen LogP contribution in [0.4, 0.5) is 0 Å². The van der Waals surface area contributed by atoms with Gasteiger partial charge in [-0.05, 0) is 32.6 Å². The number of hydrogen-bond acceptors (Lipinski definition) is 4. The summed E-state index contributed by atoms with van der Waals surface area (Å²) in [5.41, 5.74) is 7.36. The number of likely N-dealkylation sites (tertiary alicyclic amines) is 1. The van der Waals surface area contributed by atoms with Crippen LogP contribution in [0.5, 0.6) is 0 Å². The van der Waals surface area contributed by atoms with Gasteiger partial charge in [0.05, 0.1) is 13.2 Å². The van der Waals surface area contributed by atoms with E-state index in [1.54, 1.807) is 0 Å². The number of ether oxygens (including phenoxy) is 1. The van der Waals surface area contributed by atoms with Crippen LogP contribution in [0.1, 0.15) is 12.0 Å². The second kappa shape index (κ2) is 7.74. The molecule has 0 bridgehead atoms. The number of nitrogens with zero attached hydrogens (tertiary/aromatic N) is 2. The minimum atomic E-state index is 0.0969. The van der Waals surface area contributed by atoms with Gasteiger partial charge in [-0.1, -0.05) is 30.3 Å². The first kappa shape index (κ1) is 15.4. The molecule has 4 heteroatoms. The zero-order chi connectivity index (χ0) is 14.4. The van der Waals surface area contributed by atoms with Gasteiger partial charge in [-0.3, -0.25) is 0 Å². The molecule has 0 aliphatic carbocycles. The number of hydrogen-bond donors (Lipinski definition) is 1. The van der Waals surface area contributed by atoms with Crippen LogP contribution in [0, 0.1) is 0 Å². The van der Waals surface area contributed by atoms with Crippen LogP contribution in [0.3, 0.4) is 0 Å². The molecular formula is C16H27N3O. The normalized spacial score (nSPS) is 21.5. The number of likely N-dealkylation sites (N-methyl/N-ethyl adjacent to an activating group) is 1. The Morgan fingerprint density at radius 2 is 2.10 bits per heavy atom. The molecule has 1 aromatic carbocycles. The van der Waals surface area contributed by atoms with Gasteiger partial charge in [0.15, 0.2) is 0 Å². The first-order valence-corrected chi connectivity index (χ1v) is 7.41. The molecule has 1 aliphatic rings. The average Bonchev–Trinajstić information content (AvgIpc) is 2.88. The molecule has 2 atom stereocenters. The summed E-state index contributed by atoms with van der Waals surface area (Å²) in [6, 6.07) is 11.0. The molecule has 1 aromatic rings. The second-order valence-corrected chi connectivity index (χ2v) is 5.93. The minimum Gasteiger partial charge on any atom is -0.375 e. The summed E-state index contributed by atoms with van der Waals surface area (Å²) < 4.78 is 5.70. The van der Waals surface area contributed by atoms with Crippen LogP contribution >= 0.6 is 0 Å². The molecule has 1 aliphatic heterocycles. The van der Waals surface area contributed by atoms with E-state index in [1.807, 2.05) is 18.2 Å². The van der Waals surface area contributed by atoms with Crippen LogP contribution < -0.4 is 5.73 Å². The first-order valence-electron chi connectivity index (χ1n) is 7.41. The first-order chi connectivity index (χ1) is 9.65. The molecule has 1 saturated heterocycles. The van der Waals surface area contributed by atoms with Crippen molar-refractivity contribution in [2.24, 2.45) is 5.73 Å². The quantitative estimate of drug-likeness (QED) is 0.812. The number of rotatable bonds is 7. The van der Waals surface area contributed by atoms with E-state index in [4.69, 9.17) is 10.5 Å². The third kappa shape index (κ3) is 4.87. The summed E-state index contributed by atoms with van der Waals surface area (Å²) >= 11 is 0. The molecule has 0 radical (unpaired) electrons. The van der Waals surface area contributed by atoms with Crippen molar-refractivity contribution in [1.29, 1.82) is 0 Å². The Labute approximate surface area is 122 Å². The molecule has 0 aromatic heterocycles. The summed E-state index contributed by atoms with van der Waals surface area (Å²) in [6.07, 6.45) is 1.24. The molecule has 0 amide bonds. The SMILES string of the molecule is CN(C)[C@H]1CCN(C[C@H](N)COCc2ccccc2)C1. The fourth-order valence-corrected chi connectivity index (χ4v) is 2.69. The maximum atomic E-state index is 6.16. The molecule has 1 fully saturated rings. The standard InChI is InChI=1S/C16H27N3O/c1-18(2)16-8-9-19(11-16)10-15(17)13-20-12-14-6-4-3-5-7-14/h3-7,15-16H,8-13,17H2,1-2H3/t15-,16-/m0/s1. The highest BCUT2D eigenvalue weighted by molar-refractivity contribution is 5.13. The van der Waals surface area contributed by atoms with Gasteiger partial charge < -0.3 is 20.3 Å². The molecule has 2 rings (SSSR count). The monoisotopic (exact) mass is 277 g/mol. The molecule has 0 unspecified atom stereocenters. The Morgan fingerprint density at radius 3 is 2.75 bits per heavy atom. The summed E-state index contributed by atoms with van der Waals surface area (Å²) in [6.45, 7) is 4.47. The van der Waals surface area contributed by atoms with Crippen LogP contribution in [-0.2, 0) is 11.3 Å². The maximum absolute atomic E-state index is 6.16. The van der Waals surface area contributed by atoms with Crippen LogP contribution in [0.15, 0.2) is 30.3 Å². The van der Waals surface area contributed by atoms with E-state index in [0.29, 0.717) is 19.3 Å². The fraction of sp³-hybridized carbons (Fsp3) is 0.625. The number of nitrogens with two attached hydrogens (primary N) is 1. The molecule has 20 heavy (non-hydrogen) atoms. The van der Waals surface area contributed by atoms with E-state index in [2.05, 4.69) is 36.0 Å². The third-order valence-electron chi connectivity index (χ3n) is 3.91. The van der Waals surface area contributed by atoms with Crippen molar-refractivity contribution in [2.75, 3.05) is 40.3 Å². The summed E-state index contributed by atoms with van der Waals surface area (Å²) in [5.74, 6) is 0. The van der Waals surface area contributed by atoms with Crippen molar-refractivity contribution >= 4 is 0 Å². The van der Waals surface area contributed by atoms with Crippen molar-refractivity contribution in [3.63, 3.8) is 0 Å². The summed E-state index contributed by atoms with van der Waals surface area (Å²) in [5, 5.41) is 0. The largest absolute Gasteiger partial charge is 0.375 e. The highest BCUT2D eigenvalue weighted by atomic mass is 16.5. The van der Waals surface area contributed by atoms with Gasteiger partial charge >= 0.3 is 0 Å². The third-order valence-corrected chi connectivity index (χ3v) is 3.91. The van der Waals surface area contributed by atoms with Gasteiger partial charge in [0.2, 0.25) is 0 Å². The second-order valence-electron chi connectivity index (χ2n) is 5.93. The molecular weight excluding hydrogens is 250 g/mol. The van der Waals surface area contributed by atoms with Gasteiger partial charge in [-0.2, -0.15) is 0 Å². The van der Waals surface area contributed by atoms with Gasteiger partial charge in [0, 0.05) is 25.2 Å². The Balaban J connectivity index is 1.62. The van der Waals surface area contributed by atoms with Crippen molar-refractivity contribution in [3.8, 4) is 0 Å². The van der Waals surface area contributed by atoms with E-state index in [0.717, 1.165) is 19.6 Å². The lowest BCUT2D eigenvalue weighted by Gasteiger charge is -2.22. The lowest BCUT2D eigenvalue weighted by Crippen LogP contribution is -2.40. The Bertz CT molecular complexity index is 383. The fourth-order valence-electron chi connectivity index (χ4n) is 2.69. The van der Waals surface area contributed by atoms with Crippen LogP contribution in [0.25, 0.3) is 0 Å². The summed E-state index contributed by atoms with van der Waals surface area (Å²) in [7, 11) is 4.30. The zero-order valence-corrected chi connectivity index (χ0v) is 12.7. The lowest BCUT2D eigenvalue weighted by atomic mass is 10.2. The average molecular weight is 277 g/mol. The van der Waals surface area contributed by atoms with E-state index in [9.17, 15) is 0 Å². The predicted molar refractivity (Wildman–Crippen MR) is 82.6 cm³/mol. The Kier molecular flexibility index (Phi) is 5.98. The maximum Gasteiger partial charge on any atom is 0.0717 e. The molecule has 0 saturated carbocycles. The van der Waals surface area contributed by atoms with Crippen LogP contribution in [0.2, 0.25) is 0 Å². The number of benzene rings is 1. The highest BCUT2D eigenvalue weighted by Crippen LogP contribution is 2.13. The zero-order valence-electron chi connectivity index (χ0n) is 12.7. The molecule has 0 spiro atoms. The van der Waals surface area contributed by atoms with E-state index < -0.39 is 0 Å². The van der Waals surface area contributed by atoms with Crippen molar-refractivity contribution in [1.82, 2.24) is 9.80 Å². The van der Waals surface area contributed by atoms with Crippen molar-refractivity contribution in [3.05, 3.63) is 35.9 Å². The Hall–Kier alpha value is -0.940. The highest BCUT2D eigenvalue weighted by Gasteiger charge is 2.24. The van der Waals surface area contributed by atoms with E-state index in [-0.39, 0.29) is 6.04 Å². The molecule has 2 N–H and O–H groups in total. The van der Waals surface area contributed by atoms with Gasteiger partial charge in [-0.25, -0.2) is 0 Å². The summed E-state index contributed by atoms with van der Waals surface area (Å²) in [4.78, 5) is 4.75. The lowest BCUT2D eigenvalue weighted by molar-refractivity contribution is 0.0974. The topological polar surface area (TPSA) is 41.7 Å². The van der Waals surface area contributed by atoms with E-state index in [1.165, 1.54) is 12.0 Å². The van der Waals surface area contributed by atoms with Gasteiger partial charge in [-0.15, -0.1) is 0 Å². The van der Waals surface area contributed by atoms with Crippen molar-refractivity contribution < 1.29 is 4.74 Å². The molecule has 4 nitrogen and oxygen atoms in total. The van der Waals surface area contributed by atoms with Gasteiger partial charge in [0.25, 0.3) is 0 Å². The van der Waals surface area contributed by atoms with Gasteiger partial charge in [0.1, 0.15) is 0 Å². The molecule has 1 heterocycles. The minimum absolute atomic E-state index is 0.0969. The Morgan fingerprint density at radius 1 is 1.35 bits per heavy atom. The predicted octanol–water partition coefficient (Wildman–Crippen LogP) is 1.17. The smallest absolute Gasteiger partial charge is 0.0717 e. The van der Waals surface area contributed by atoms with Crippen LogP contribution in [-0.4, -0.2) is 62.2 Å². The van der Waals surface area contributed by atoms with Crippen molar-refractivity contribution in [2.45, 2.75) is 25.1 Å². The molecule has 112 valence electrons.